The molecule has 3 aromatic rings. The number of methoxy groups -OCH3 is 4. The van der Waals surface area contributed by atoms with E-state index < -0.39 is 0 Å². The van der Waals surface area contributed by atoms with Gasteiger partial charge in [-0.3, -0.25) is 0 Å². The predicted octanol–water partition coefficient (Wildman–Crippen LogP) is 3.38. The minimum Gasteiger partial charge on any atom is -0.497 e. The van der Waals surface area contributed by atoms with Crippen molar-refractivity contribution in [2.75, 3.05) is 34.2 Å². The first-order chi connectivity index (χ1) is 12.1. The van der Waals surface area contributed by atoms with E-state index in [4.69, 9.17) is 24.7 Å². The number of fused-ring (bicyclic) bond motifs is 1. The SMILES string of the molecule is COc1ccc2[nH]cc(Cc3cc(OC)c(OC)c(OC)c3N)c2c1. The summed E-state index contributed by atoms with van der Waals surface area (Å²) >= 11 is 0. The van der Waals surface area contributed by atoms with Gasteiger partial charge >= 0.3 is 0 Å². The molecule has 0 aliphatic heterocycles. The molecule has 0 bridgehead atoms. The summed E-state index contributed by atoms with van der Waals surface area (Å²) in [7, 11) is 6.37. The van der Waals surface area contributed by atoms with Gasteiger partial charge in [0.1, 0.15) is 5.75 Å². The second-order valence-corrected chi connectivity index (χ2v) is 5.62. The zero-order valence-electron chi connectivity index (χ0n) is 14.8. The third-order valence-corrected chi connectivity index (χ3v) is 4.31. The van der Waals surface area contributed by atoms with E-state index in [1.54, 1.807) is 28.4 Å². The van der Waals surface area contributed by atoms with Gasteiger partial charge in [-0.25, -0.2) is 0 Å². The fourth-order valence-electron chi connectivity index (χ4n) is 3.01. The molecular formula is C19H22N2O4. The van der Waals surface area contributed by atoms with Crippen LogP contribution in [0.15, 0.2) is 30.5 Å². The lowest BCUT2D eigenvalue weighted by molar-refractivity contribution is 0.325. The third-order valence-electron chi connectivity index (χ3n) is 4.31. The number of benzene rings is 2. The number of nitrogens with one attached hydrogen (secondary N) is 1. The molecule has 0 radical (unpaired) electrons. The first-order valence-corrected chi connectivity index (χ1v) is 7.84. The molecule has 3 rings (SSSR count). The fraction of sp³-hybridized carbons (Fsp3) is 0.263. The second-order valence-electron chi connectivity index (χ2n) is 5.62. The quantitative estimate of drug-likeness (QED) is 0.672. The van der Waals surface area contributed by atoms with Crippen LogP contribution in [-0.2, 0) is 6.42 Å². The number of nitrogens with two attached hydrogens (primary N) is 1. The monoisotopic (exact) mass is 342 g/mol. The van der Waals surface area contributed by atoms with Crippen LogP contribution in [0.25, 0.3) is 10.9 Å². The molecule has 0 unspecified atom stereocenters. The van der Waals surface area contributed by atoms with Crippen molar-refractivity contribution in [1.29, 1.82) is 0 Å². The molecule has 0 atom stereocenters. The number of aromatic nitrogens is 1. The summed E-state index contributed by atoms with van der Waals surface area (Å²) in [5.41, 5.74) is 9.91. The van der Waals surface area contributed by atoms with Crippen LogP contribution in [-0.4, -0.2) is 33.4 Å². The van der Waals surface area contributed by atoms with Gasteiger partial charge in [-0.1, -0.05) is 0 Å². The first-order valence-electron chi connectivity index (χ1n) is 7.84. The van der Waals surface area contributed by atoms with E-state index in [0.29, 0.717) is 29.4 Å². The van der Waals surface area contributed by atoms with Gasteiger partial charge in [-0.05, 0) is 35.4 Å². The van der Waals surface area contributed by atoms with E-state index in [1.807, 2.05) is 30.5 Å². The molecular weight excluding hydrogens is 320 g/mol. The topological polar surface area (TPSA) is 78.7 Å². The Kier molecular flexibility index (Phi) is 4.61. The first kappa shape index (κ1) is 16.8. The van der Waals surface area contributed by atoms with Crippen LogP contribution in [0.4, 0.5) is 5.69 Å². The molecule has 25 heavy (non-hydrogen) atoms. The number of hydrogen-bond donors (Lipinski definition) is 2. The molecule has 0 saturated carbocycles. The van der Waals surface area contributed by atoms with E-state index in [1.165, 1.54) is 0 Å². The van der Waals surface area contributed by atoms with Gasteiger partial charge in [0.2, 0.25) is 5.75 Å². The molecule has 0 aliphatic rings. The van der Waals surface area contributed by atoms with E-state index >= 15 is 0 Å². The van der Waals surface area contributed by atoms with Gasteiger partial charge in [0.05, 0.1) is 34.1 Å². The van der Waals surface area contributed by atoms with Crippen LogP contribution in [0, 0.1) is 0 Å². The summed E-state index contributed by atoms with van der Waals surface area (Å²) in [6.07, 6.45) is 2.60. The molecule has 6 nitrogen and oxygen atoms in total. The summed E-state index contributed by atoms with van der Waals surface area (Å²) in [4.78, 5) is 3.28. The maximum absolute atomic E-state index is 6.32. The average Bonchev–Trinajstić information content (AvgIpc) is 3.04. The minimum atomic E-state index is 0.481. The van der Waals surface area contributed by atoms with Crippen LogP contribution in [0.3, 0.4) is 0 Å². The van der Waals surface area contributed by atoms with E-state index in [9.17, 15) is 0 Å². The maximum atomic E-state index is 6.32. The van der Waals surface area contributed by atoms with Gasteiger partial charge in [-0.15, -0.1) is 0 Å². The Bertz CT molecular complexity index is 902. The Balaban J connectivity index is 2.09. The van der Waals surface area contributed by atoms with Crippen molar-refractivity contribution in [2.45, 2.75) is 6.42 Å². The summed E-state index contributed by atoms with van der Waals surface area (Å²) in [6.45, 7) is 0. The Morgan fingerprint density at radius 2 is 1.64 bits per heavy atom. The highest BCUT2D eigenvalue weighted by molar-refractivity contribution is 5.85. The number of ether oxygens (including phenoxy) is 4. The normalized spacial score (nSPS) is 10.7. The van der Waals surface area contributed by atoms with Crippen molar-refractivity contribution in [3.8, 4) is 23.0 Å². The summed E-state index contributed by atoms with van der Waals surface area (Å²) in [5, 5.41) is 1.09. The minimum absolute atomic E-state index is 0.481. The van der Waals surface area contributed by atoms with Crippen LogP contribution in [0.5, 0.6) is 23.0 Å². The molecule has 6 heteroatoms. The highest BCUT2D eigenvalue weighted by Gasteiger charge is 2.19. The number of aromatic amines is 1. The summed E-state index contributed by atoms with van der Waals surface area (Å²) in [5.74, 6) is 2.37. The Labute approximate surface area is 146 Å². The molecule has 1 aromatic heterocycles. The summed E-state index contributed by atoms with van der Waals surface area (Å²) < 4.78 is 21.6. The number of nitrogen functional groups attached to an aromatic ring is 1. The zero-order valence-corrected chi connectivity index (χ0v) is 14.8. The number of anilines is 1. The van der Waals surface area contributed by atoms with Gasteiger partial charge in [0, 0.05) is 23.5 Å². The largest absolute Gasteiger partial charge is 0.497 e. The van der Waals surface area contributed by atoms with Gasteiger partial charge < -0.3 is 29.7 Å². The molecule has 0 fully saturated rings. The number of hydrogen-bond acceptors (Lipinski definition) is 5. The van der Waals surface area contributed by atoms with Crippen molar-refractivity contribution in [2.24, 2.45) is 0 Å². The molecule has 2 aromatic carbocycles. The van der Waals surface area contributed by atoms with Crippen LogP contribution < -0.4 is 24.7 Å². The Morgan fingerprint density at radius 1 is 0.880 bits per heavy atom. The average molecular weight is 342 g/mol. The summed E-state index contributed by atoms with van der Waals surface area (Å²) in [6, 6.07) is 7.82. The second kappa shape index (κ2) is 6.84. The molecule has 0 aliphatic carbocycles. The standard InChI is InChI=1S/C19H22N2O4/c1-22-13-5-6-15-14(9-13)12(10-21-15)7-11-8-16(23-2)18(24-3)19(25-4)17(11)20/h5-6,8-10,21H,7,20H2,1-4H3. The molecule has 0 amide bonds. The van der Waals surface area contributed by atoms with Crippen molar-refractivity contribution in [3.05, 3.63) is 41.6 Å². The Hall–Kier alpha value is -3.02. The van der Waals surface area contributed by atoms with Crippen LogP contribution in [0.2, 0.25) is 0 Å². The number of H-pyrrole nitrogens is 1. The van der Waals surface area contributed by atoms with Gasteiger partial charge in [0.25, 0.3) is 0 Å². The smallest absolute Gasteiger partial charge is 0.205 e. The van der Waals surface area contributed by atoms with Crippen molar-refractivity contribution in [3.63, 3.8) is 0 Å². The van der Waals surface area contributed by atoms with Gasteiger partial charge in [-0.2, -0.15) is 0 Å². The lowest BCUT2D eigenvalue weighted by atomic mass is 10.0. The molecule has 0 spiro atoms. The highest BCUT2D eigenvalue weighted by Crippen LogP contribution is 2.44. The zero-order chi connectivity index (χ0) is 18.0. The molecule has 3 N–H and O–H groups in total. The van der Waals surface area contributed by atoms with Crippen molar-refractivity contribution >= 4 is 16.6 Å². The lowest BCUT2D eigenvalue weighted by Gasteiger charge is -2.17. The van der Waals surface area contributed by atoms with E-state index in [2.05, 4.69) is 4.98 Å². The van der Waals surface area contributed by atoms with Crippen LogP contribution in [0.1, 0.15) is 11.1 Å². The fourth-order valence-corrected chi connectivity index (χ4v) is 3.01. The number of rotatable bonds is 6. The Morgan fingerprint density at radius 3 is 2.28 bits per heavy atom. The highest BCUT2D eigenvalue weighted by atomic mass is 16.5. The van der Waals surface area contributed by atoms with E-state index in [-0.39, 0.29) is 0 Å². The van der Waals surface area contributed by atoms with Gasteiger partial charge in [0.15, 0.2) is 11.5 Å². The van der Waals surface area contributed by atoms with Crippen molar-refractivity contribution < 1.29 is 18.9 Å². The third kappa shape index (κ3) is 2.91. The molecule has 0 saturated heterocycles. The van der Waals surface area contributed by atoms with E-state index in [0.717, 1.165) is 27.8 Å². The maximum Gasteiger partial charge on any atom is 0.205 e. The molecule has 1 heterocycles. The lowest BCUT2D eigenvalue weighted by Crippen LogP contribution is -2.03. The predicted molar refractivity (Wildman–Crippen MR) is 98.2 cm³/mol. The van der Waals surface area contributed by atoms with Crippen molar-refractivity contribution in [1.82, 2.24) is 4.98 Å². The van der Waals surface area contributed by atoms with Crippen LogP contribution >= 0.6 is 0 Å². The molecule has 132 valence electrons.